The molecule has 0 unspecified atom stereocenters. The summed E-state index contributed by atoms with van der Waals surface area (Å²) in [6, 6.07) is 43.5. The number of anilines is 4. The Hall–Kier alpha value is -5.77. The third-order valence-corrected chi connectivity index (χ3v) is 17.0. The fourth-order valence-electron chi connectivity index (χ4n) is 12.2. The number of hydrogen-bond donors (Lipinski definition) is 0. The Labute approximate surface area is 445 Å². The smallest absolute Gasteiger partial charge is 0.503 e. The number of rotatable bonds is 8. The normalized spacial score (nSPS) is 18.7. The largest absolute Gasteiger partial charge is 2.00 e. The molecule has 10 rings (SSSR count). The molecule has 3 aliphatic rings. The molecule has 2 atom stereocenters. The van der Waals surface area contributed by atoms with Gasteiger partial charge in [-0.2, -0.15) is 6.07 Å². The molecule has 2 aliphatic heterocycles. The summed E-state index contributed by atoms with van der Waals surface area (Å²) >= 11 is 0. The Kier molecular flexibility index (Phi) is 12.8. The standard InChI is InChI=1S/C66H72N4O.Pt/c1-38(2)51-21-20-22-52(39(3)4)60(51)46-32-47(62-68-66(17)54-27-25-40(5)43(8)53(54)37-65(66,16)70(62)61-44(9)41(6)31-42(7)45(61)10)34-50(33-46)71-49-26-28-56-58(36-49)69(57-24-19-18-23-55(57)64(56,14)15)59-35-48(29-30-67-59)63(11,12)13;/h18-33,35,38-39H,37H2,1-17H3;/q-2;+2/t65-,66+;/m0./s1. The first-order valence-electron chi connectivity index (χ1n) is 25.8. The quantitative estimate of drug-likeness (QED) is 0.142. The van der Waals surface area contributed by atoms with Gasteiger partial charge in [0.05, 0.1) is 16.9 Å². The number of hydrogen-bond acceptors (Lipinski definition) is 5. The van der Waals surface area contributed by atoms with Gasteiger partial charge in [0.25, 0.3) is 0 Å². The summed E-state index contributed by atoms with van der Waals surface area (Å²) in [5, 5.41) is 0. The van der Waals surface area contributed by atoms with Crippen LogP contribution in [0.3, 0.4) is 0 Å². The second kappa shape index (κ2) is 18.0. The number of nitrogens with zero attached hydrogens (tertiary/aromatic N) is 4. The number of aryl methyl sites for hydroxylation is 3. The molecular formula is C66H72N4OPt. The van der Waals surface area contributed by atoms with E-state index in [2.05, 4.69) is 237 Å². The molecule has 0 saturated heterocycles. The van der Waals surface area contributed by atoms with Gasteiger partial charge in [-0.15, -0.1) is 29.3 Å². The maximum absolute atomic E-state index is 7.25. The Morgan fingerprint density at radius 3 is 1.96 bits per heavy atom. The van der Waals surface area contributed by atoms with Crippen LogP contribution in [0.5, 0.6) is 11.5 Å². The fraction of sp³-hybridized carbons (Fsp3) is 0.364. The molecule has 72 heavy (non-hydrogen) atoms. The molecule has 0 fully saturated rings. The van der Waals surface area contributed by atoms with Crippen LogP contribution in [0.4, 0.5) is 22.9 Å². The maximum Gasteiger partial charge on any atom is 2.00 e. The number of ether oxygens (including phenoxy) is 1. The molecule has 372 valence electrons. The van der Waals surface area contributed by atoms with Gasteiger partial charge >= 0.3 is 21.1 Å². The monoisotopic (exact) mass is 1130 g/mol. The van der Waals surface area contributed by atoms with E-state index in [4.69, 9.17) is 14.7 Å². The third kappa shape index (κ3) is 7.91. The van der Waals surface area contributed by atoms with Gasteiger partial charge in [0, 0.05) is 29.1 Å². The van der Waals surface area contributed by atoms with Crippen molar-refractivity contribution in [1.29, 1.82) is 0 Å². The number of pyridine rings is 1. The van der Waals surface area contributed by atoms with Crippen molar-refractivity contribution in [3.63, 3.8) is 0 Å². The molecule has 0 saturated carbocycles. The molecular weight excluding hydrogens is 1060 g/mol. The van der Waals surface area contributed by atoms with Crippen LogP contribution in [-0.4, -0.2) is 16.4 Å². The summed E-state index contributed by atoms with van der Waals surface area (Å²) in [5.74, 6) is 3.58. The van der Waals surface area contributed by atoms with Gasteiger partial charge in [-0.25, -0.2) is 4.98 Å². The fourth-order valence-corrected chi connectivity index (χ4v) is 12.2. The van der Waals surface area contributed by atoms with Crippen molar-refractivity contribution in [2.24, 2.45) is 4.99 Å². The van der Waals surface area contributed by atoms with Crippen LogP contribution in [0.2, 0.25) is 0 Å². The van der Waals surface area contributed by atoms with Gasteiger partial charge < -0.3 is 19.5 Å². The van der Waals surface area contributed by atoms with Crippen LogP contribution in [0.15, 0.2) is 108 Å². The predicted molar refractivity (Wildman–Crippen MR) is 297 cm³/mol. The van der Waals surface area contributed by atoms with E-state index >= 15 is 0 Å². The second-order valence-electron chi connectivity index (χ2n) is 23.5. The molecule has 0 radical (unpaired) electrons. The van der Waals surface area contributed by atoms with Crippen LogP contribution in [0.1, 0.15) is 166 Å². The van der Waals surface area contributed by atoms with E-state index in [1.807, 2.05) is 6.20 Å². The summed E-state index contributed by atoms with van der Waals surface area (Å²) in [7, 11) is 0. The van der Waals surface area contributed by atoms with E-state index in [0.29, 0.717) is 23.3 Å². The maximum atomic E-state index is 7.25. The van der Waals surface area contributed by atoms with E-state index in [0.717, 1.165) is 46.1 Å². The first-order valence-corrected chi connectivity index (χ1v) is 25.8. The van der Waals surface area contributed by atoms with Crippen molar-refractivity contribution in [2.75, 3.05) is 9.80 Å². The number of amidine groups is 1. The van der Waals surface area contributed by atoms with Crippen LogP contribution < -0.4 is 14.5 Å². The van der Waals surface area contributed by atoms with E-state index < -0.39 is 11.1 Å². The number of aliphatic imine (C=N–C) groups is 1. The SMILES string of the molecule is Cc1ccc2c(c1C)C[C@]1(C)N(c3c(C)c(C)cc(C)c3C)C(c3[c-]c(Oc4[c-]c5c(cc4)C(C)(C)c4ccccc4N5c4cc(C(C)(C)C)ccn4)cc(-c4c(C(C)C)cccc4C(C)C)c3)=N[C@]21C.[Pt+2]. The van der Waals surface area contributed by atoms with Crippen LogP contribution >= 0.6 is 0 Å². The van der Waals surface area contributed by atoms with Gasteiger partial charge in [-0.05, 0) is 175 Å². The molecule has 0 N–H and O–H groups in total. The molecule has 0 amide bonds. The topological polar surface area (TPSA) is 41.0 Å². The third-order valence-electron chi connectivity index (χ3n) is 17.0. The molecule has 0 bridgehead atoms. The Balaban J connectivity index is 0.00000640. The molecule has 6 aromatic carbocycles. The van der Waals surface area contributed by atoms with Gasteiger partial charge in [0.2, 0.25) is 0 Å². The molecule has 7 aromatic rings. The van der Waals surface area contributed by atoms with E-state index in [1.165, 1.54) is 78.0 Å². The first-order chi connectivity index (χ1) is 33.5. The van der Waals surface area contributed by atoms with Crippen molar-refractivity contribution >= 4 is 28.7 Å². The Morgan fingerprint density at radius 2 is 1.31 bits per heavy atom. The first kappa shape index (κ1) is 51.1. The van der Waals surface area contributed by atoms with Crippen molar-refractivity contribution in [2.45, 2.75) is 158 Å². The predicted octanol–water partition coefficient (Wildman–Crippen LogP) is 17.1. The minimum atomic E-state index is -0.548. The Bertz CT molecular complexity index is 3300. The summed E-state index contributed by atoms with van der Waals surface area (Å²) < 4.78 is 7.25. The zero-order valence-corrected chi connectivity index (χ0v) is 48.0. The minimum Gasteiger partial charge on any atom is -0.503 e. The number of benzene rings is 6. The average Bonchev–Trinajstić information content (AvgIpc) is 3.69. The van der Waals surface area contributed by atoms with Crippen LogP contribution in [0.25, 0.3) is 11.1 Å². The van der Waals surface area contributed by atoms with Crippen LogP contribution in [0, 0.1) is 53.7 Å². The van der Waals surface area contributed by atoms with Gasteiger partial charge in [0.1, 0.15) is 5.82 Å². The van der Waals surface area contributed by atoms with Gasteiger partial charge in [-0.3, -0.25) is 0 Å². The number of para-hydroxylation sites is 1. The van der Waals surface area contributed by atoms with E-state index in [-0.39, 0.29) is 31.9 Å². The Morgan fingerprint density at radius 1 is 0.653 bits per heavy atom. The molecule has 3 heterocycles. The van der Waals surface area contributed by atoms with Crippen molar-refractivity contribution in [3.05, 3.63) is 193 Å². The molecule has 5 nitrogen and oxygen atoms in total. The molecule has 0 spiro atoms. The summed E-state index contributed by atoms with van der Waals surface area (Å²) in [6.45, 7) is 39.0. The van der Waals surface area contributed by atoms with Gasteiger partial charge in [-0.1, -0.05) is 140 Å². The van der Waals surface area contributed by atoms with Crippen LogP contribution in [-0.2, 0) is 43.9 Å². The summed E-state index contributed by atoms with van der Waals surface area (Å²) in [4.78, 5) is 16.0. The zero-order chi connectivity index (χ0) is 50.9. The minimum absolute atomic E-state index is 0. The number of fused-ring (bicyclic) bond motifs is 5. The van der Waals surface area contributed by atoms with Crippen molar-refractivity contribution < 1.29 is 25.8 Å². The molecule has 6 heteroatoms. The summed E-state index contributed by atoms with van der Waals surface area (Å²) in [5.41, 5.74) is 21.9. The molecule has 1 aliphatic carbocycles. The second-order valence-corrected chi connectivity index (χ2v) is 23.5. The zero-order valence-electron chi connectivity index (χ0n) is 45.7. The van der Waals surface area contributed by atoms with E-state index in [9.17, 15) is 0 Å². The van der Waals surface area contributed by atoms with Crippen molar-refractivity contribution in [1.82, 2.24) is 4.98 Å². The van der Waals surface area contributed by atoms with Gasteiger partial charge in [0.15, 0.2) is 0 Å². The summed E-state index contributed by atoms with van der Waals surface area (Å²) in [6.07, 6.45) is 2.81. The number of aromatic nitrogens is 1. The average molecular weight is 1130 g/mol. The van der Waals surface area contributed by atoms with Crippen molar-refractivity contribution in [3.8, 4) is 22.6 Å². The molecule has 1 aromatic heterocycles. The van der Waals surface area contributed by atoms with E-state index in [1.54, 1.807) is 0 Å².